The van der Waals surface area contributed by atoms with Crippen LogP contribution in [0.15, 0.2) is 46.9 Å². The summed E-state index contributed by atoms with van der Waals surface area (Å²) in [7, 11) is 1.54. The standard InChI is InChI=1S/C19H17FN2O4/c1-11-21-22-19(26-11)16(10-18(23)24)13-7-12(8-14(20)9-13)15-5-3-4-6-17(15)25-2/h3-9,16H,10H2,1-2H3,(H,23,24). The Morgan fingerprint density at radius 2 is 2.04 bits per heavy atom. The number of benzene rings is 2. The summed E-state index contributed by atoms with van der Waals surface area (Å²) in [5.74, 6) is -1.24. The molecule has 0 fully saturated rings. The van der Waals surface area contributed by atoms with Crippen LogP contribution in [0.5, 0.6) is 5.75 Å². The number of carbonyl (C=O) groups is 1. The van der Waals surface area contributed by atoms with E-state index in [1.54, 1.807) is 25.1 Å². The average Bonchev–Trinajstić information content (AvgIpc) is 3.05. The highest BCUT2D eigenvalue weighted by atomic mass is 19.1. The first-order chi connectivity index (χ1) is 12.5. The van der Waals surface area contributed by atoms with Crippen molar-refractivity contribution in [2.24, 2.45) is 0 Å². The lowest BCUT2D eigenvalue weighted by molar-refractivity contribution is -0.137. The zero-order valence-electron chi connectivity index (χ0n) is 14.3. The molecule has 1 unspecified atom stereocenters. The van der Waals surface area contributed by atoms with Gasteiger partial charge in [-0.2, -0.15) is 0 Å². The van der Waals surface area contributed by atoms with Crippen molar-refractivity contribution in [3.63, 3.8) is 0 Å². The van der Waals surface area contributed by atoms with Crippen LogP contribution in [0.4, 0.5) is 4.39 Å². The van der Waals surface area contributed by atoms with Crippen molar-refractivity contribution in [2.75, 3.05) is 7.11 Å². The summed E-state index contributed by atoms with van der Waals surface area (Å²) in [6, 6.07) is 11.6. The molecule has 0 aliphatic carbocycles. The Kier molecular flexibility index (Phi) is 4.97. The number of methoxy groups -OCH3 is 1. The Hall–Kier alpha value is -3.22. The lowest BCUT2D eigenvalue weighted by Gasteiger charge is -2.14. The Morgan fingerprint density at radius 1 is 1.27 bits per heavy atom. The first kappa shape index (κ1) is 17.6. The molecule has 0 saturated heterocycles. The van der Waals surface area contributed by atoms with E-state index in [1.807, 2.05) is 12.1 Å². The van der Waals surface area contributed by atoms with Gasteiger partial charge in [-0.25, -0.2) is 4.39 Å². The Balaban J connectivity index is 2.11. The molecule has 0 amide bonds. The quantitative estimate of drug-likeness (QED) is 0.723. The molecule has 0 bridgehead atoms. The van der Waals surface area contributed by atoms with Crippen molar-refractivity contribution >= 4 is 5.97 Å². The van der Waals surface area contributed by atoms with Gasteiger partial charge in [-0.1, -0.05) is 18.2 Å². The molecule has 134 valence electrons. The molecule has 0 spiro atoms. The molecule has 7 heteroatoms. The van der Waals surface area contributed by atoms with Gasteiger partial charge < -0.3 is 14.3 Å². The number of aliphatic carboxylic acids is 1. The van der Waals surface area contributed by atoms with Gasteiger partial charge in [-0.15, -0.1) is 10.2 Å². The van der Waals surface area contributed by atoms with Crippen LogP contribution in [0.1, 0.15) is 29.7 Å². The van der Waals surface area contributed by atoms with E-state index < -0.39 is 17.7 Å². The summed E-state index contributed by atoms with van der Waals surface area (Å²) in [6.07, 6.45) is -0.295. The van der Waals surface area contributed by atoms with E-state index in [2.05, 4.69) is 10.2 Å². The van der Waals surface area contributed by atoms with Gasteiger partial charge in [-0.05, 0) is 35.4 Å². The van der Waals surface area contributed by atoms with E-state index in [0.717, 1.165) is 0 Å². The Labute approximate surface area is 149 Å². The molecule has 1 heterocycles. The van der Waals surface area contributed by atoms with Gasteiger partial charge in [-0.3, -0.25) is 4.79 Å². The topological polar surface area (TPSA) is 85.5 Å². The van der Waals surface area contributed by atoms with Crippen molar-refractivity contribution in [1.29, 1.82) is 0 Å². The summed E-state index contributed by atoms with van der Waals surface area (Å²) in [5.41, 5.74) is 1.72. The number of rotatable bonds is 6. The van der Waals surface area contributed by atoms with Gasteiger partial charge >= 0.3 is 5.97 Å². The third-order valence-electron chi connectivity index (χ3n) is 3.96. The minimum Gasteiger partial charge on any atom is -0.496 e. The van der Waals surface area contributed by atoms with Crippen LogP contribution >= 0.6 is 0 Å². The molecular weight excluding hydrogens is 339 g/mol. The maximum absolute atomic E-state index is 14.3. The predicted octanol–water partition coefficient (Wildman–Crippen LogP) is 3.80. The molecule has 26 heavy (non-hydrogen) atoms. The highest BCUT2D eigenvalue weighted by Crippen LogP contribution is 2.35. The number of para-hydroxylation sites is 1. The fraction of sp³-hybridized carbons (Fsp3) is 0.211. The fourth-order valence-electron chi connectivity index (χ4n) is 2.83. The molecule has 1 N–H and O–H groups in total. The molecule has 3 aromatic rings. The number of aromatic nitrogens is 2. The highest BCUT2D eigenvalue weighted by Gasteiger charge is 2.25. The number of halogens is 1. The van der Waals surface area contributed by atoms with Crippen molar-refractivity contribution in [2.45, 2.75) is 19.3 Å². The van der Waals surface area contributed by atoms with Crippen LogP contribution in [-0.2, 0) is 4.79 Å². The van der Waals surface area contributed by atoms with Crippen molar-refractivity contribution in [3.05, 3.63) is 65.6 Å². The zero-order chi connectivity index (χ0) is 18.7. The SMILES string of the molecule is COc1ccccc1-c1cc(F)cc(C(CC(=O)O)c2nnc(C)o2)c1. The van der Waals surface area contributed by atoms with E-state index in [9.17, 15) is 14.3 Å². The van der Waals surface area contributed by atoms with Gasteiger partial charge in [0.25, 0.3) is 0 Å². The molecule has 1 atom stereocenters. The number of hydrogen-bond donors (Lipinski definition) is 1. The highest BCUT2D eigenvalue weighted by molar-refractivity contribution is 5.72. The van der Waals surface area contributed by atoms with Crippen LogP contribution in [-0.4, -0.2) is 28.4 Å². The fourth-order valence-corrected chi connectivity index (χ4v) is 2.83. The molecule has 0 aliphatic rings. The maximum atomic E-state index is 14.3. The molecule has 1 aromatic heterocycles. The normalized spacial score (nSPS) is 12.0. The first-order valence-corrected chi connectivity index (χ1v) is 7.93. The predicted molar refractivity (Wildman–Crippen MR) is 91.5 cm³/mol. The Morgan fingerprint density at radius 3 is 2.69 bits per heavy atom. The van der Waals surface area contributed by atoms with E-state index in [0.29, 0.717) is 28.3 Å². The van der Waals surface area contributed by atoms with E-state index in [-0.39, 0.29) is 12.3 Å². The van der Waals surface area contributed by atoms with E-state index >= 15 is 0 Å². The van der Waals surface area contributed by atoms with Gasteiger partial charge in [0, 0.05) is 12.5 Å². The smallest absolute Gasteiger partial charge is 0.304 e. The van der Waals surface area contributed by atoms with E-state index in [1.165, 1.54) is 19.2 Å². The van der Waals surface area contributed by atoms with E-state index in [4.69, 9.17) is 9.15 Å². The number of carboxylic acid groups (broad SMARTS) is 1. The average molecular weight is 356 g/mol. The van der Waals surface area contributed by atoms with Gasteiger partial charge in [0.1, 0.15) is 11.6 Å². The molecule has 6 nitrogen and oxygen atoms in total. The monoisotopic (exact) mass is 356 g/mol. The number of nitrogens with zero attached hydrogens (tertiary/aromatic N) is 2. The number of hydrogen-bond acceptors (Lipinski definition) is 5. The minimum absolute atomic E-state index is 0.140. The van der Waals surface area contributed by atoms with Crippen LogP contribution < -0.4 is 4.74 Å². The molecule has 0 saturated carbocycles. The third kappa shape index (κ3) is 3.72. The second-order valence-electron chi connectivity index (χ2n) is 5.78. The second-order valence-corrected chi connectivity index (χ2v) is 5.78. The zero-order valence-corrected chi connectivity index (χ0v) is 14.3. The number of aryl methyl sites for hydroxylation is 1. The van der Waals surface area contributed by atoms with Crippen molar-refractivity contribution < 1.29 is 23.4 Å². The third-order valence-corrected chi connectivity index (χ3v) is 3.96. The summed E-state index contributed by atoms with van der Waals surface area (Å²) in [5, 5.41) is 16.9. The van der Waals surface area contributed by atoms with Crippen LogP contribution in [0.3, 0.4) is 0 Å². The maximum Gasteiger partial charge on any atom is 0.304 e. The van der Waals surface area contributed by atoms with Crippen molar-refractivity contribution in [1.82, 2.24) is 10.2 Å². The van der Waals surface area contributed by atoms with Gasteiger partial charge in [0.05, 0.1) is 19.4 Å². The lowest BCUT2D eigenvalue weighted by Crippen LogP contribution is -2.09. The van der Waals surface area contributed by atoms with Crippen LogP contribution in [0.2, 0.25) is 0 Å². The number of ether oxygens (including phenoxy) is 1. The molecular formula is C19H17FN2O4. The summed E-state index contributed by atoms with van der Waals surface area (Å²) >= 11 is 0. The first-order valence-electron chi connectivity index (χ1n) is 7.93. The molecule has 0 aliphatic heterocycles. The molecule has 2 aromatic carbocycles. The minimum atomic E-state index is -1.05. The Bertz CT molecular complexity index is 939. The molecule has 3 rings (SSSR count). The van der Waals surface area contributed by atoms with Crippen LogP contribution in [0, 0.1) is 12.7 Å². The largest absolute Gasteiger partial charge is 0.496 e. The second kappa shape index (κ2) is 7.35. The van der Waals surface area contributed by atoms with Crippen molar-refractivity contribution in [3.8, 4) is 16.9 Å². The van der Waals surface area contributed by atoms with Gasteiger partial charge in [0.15, 0.2) is 0 Å². The van der Waals surface area contributed by atoms with Gasteiger partial charge in [0.2, 0.25) is 11.8 Å². The molecule has 0 radical (unpaired) electrons. The summed E-state index contributed by atoms with van der Waals surface area (Å²) in [4.78, 5) is 11.3. The number of carboxylic acids is 1. The summed E-state index contributed by atoms with van der Waals surface area (Å²) < 4.78 is 25.0. The lowest BCUT2D eigenvalue weighted by atomic mass is 9.92. The van der Waals surface area contributed by atoms with Crippen LogP contribution in [0.25, 0.3) is 11.1 Å². The summed E-state index contributed by atoms with van der Waals surface area (Å²) in [6.45, 7) is 1.61.